The molecular formula is C49H71N13O9. The Balaban J connectivity index is 1.81. The van der Waals surface area contributed by atoms with Gasteiger partial charge in [0, 0.05) is 37.8 Å². The topological polar surface area (TPSA) is 370 Å². The Kier molecular flexibility index (Phi) is 22.6. The fourth-order valence-corrected chi connectivity index (χ4v) is 8.12. The number of aromatic nitrogens is 1. The Bertz CT molecular complexity index is 2280. The minimum absolute atomic E-state index is 0.0504. The molecular weight excluding hydrogens is 915 g/mol. The molecule has 0 spiro atoms. The van der Waals surface area contributed by atoms with E-state index in [2.05, 4.69) is 47.5 Å². The van der Waals surface area contributed by atoms with Crippen LogP contribution in [0.3, 0.4) is 0 Å². The maximum atomic E-state index is 14.4. The normalized spacial score (nSPS) is 24.0. The van der Waals surface area contributed by atoms with Gasteiger partial charge in [-0.1, -0.05) is 74.5 Å². The zero-order valence-corrected chi connectivity index (χ0v) is 40.6. The molecule has 3 aromatic rings. The lowest BCUT2D eigenvalue weighted by Crippen LogP contribution is -2.64. The van der Waals surface area contributed by atoms with Crippen LogP contribution in [0, 0.1) is 5.92 Å². The number of aliphatic hydroxyl groups is 1. The van der Waals surface area contributed by atoms with Crippen LogP contribution in [0.5, 0.6) is 0 Å². The molecule has 7 amide bonds. The van der Waals surface area contributed by atoms with Gasteiger partial charge in [-0.25, -0.2) is 0 Å². The third-order valence-corrected chi connectivity index (χ3v) is 11.9. The summed E-state index contributed by atoms with van der Waals surface area (Å²) in [6, 6.07) is 11.1. The van der Waals surface area contributed by atoms with Gasteiger partial charge in [0.1, 0.15) is 53.8 Å². The van der Waals surface area contributed by atoms with Crippen LogP contribution < -0.4 is 65.5 Å². The molecule has 1 aliphatic rings. The Labute approximate surface area is 413 Å². The molecule has 0 unspecified atom stereocenters. The monoisotopic (exact) mass is 986 g/mol. The summed E-state index contributed by atoms with van der Waals surface area (Å²) in [7, 11) is 0. The van der Waals surface area contributed by atoms with Gasteiger partial charge in [-0.05, 0) is 87.3 Å². The molecule has 2 aromatic carbocycles. The molecule has 22 nitrogen and oxygen atoms in total. The summed E-state index contributed by atoms with van der Waals surface area (Å²) in [6.45, 7) is 4.14. The van der Waals surface area contributed by atoms with Crippen molar-refractivity contribution in [1.29, 1.82) is 0 Å². The highest BCUT2D eigenvalue weighted by atomic mass is 16.3. The van der Waals surface area contributed by atoms with E-state index in [9.17, 15) is 43.5 Å². The van der Waals surface area contributed by atoms with E-state index < -0.39 is 95.8 Å². The Morgan fingerprint density at radius 3 is 1.97 bits per heavy atom. The van der Waals surface area contributed by atoms with Gasteiger partial charge >= 0.3 is 0 Å². The van der Waals surface area contributed by atoms with Gasteiger partial charge in [-0.15, -0.1) is 0 Å². The molecule has 386 valence electrons. The van der Waals surface area contributed by atoms with Gasteiger partial charge in [0.05, 0.1) is 6.10 Å². The van der Waals surface area contributed by atoms with Crippen molar-refractivity contribution in [2.45, 2.75) is 114 Å². The predicted octanol–water partition coefficient (Wildman–Crippen LogP) is -2.51. The van der Waals surface area contributed by atoms with Crippen LogP contribution in [-0.4, -0.2) is 138 Å². The SMILES string of the molecule is CC(C)C[C@@H]1NC(=O)[C@@H](Cc2ccccc2)NC(=O)[C@H](CCN)NC(=O)[C@@H](NC(=O)c2ncccc2-c2ccccc2CN)CCNC(=O)[C@H]([C@@H](C)O)NC[C@](C=O)(CCN)NC(=O)[C@H](CCN)NC1=O. The summed E-state index contributed by atoms with van der Waals surface area (Å²) >= 11 is 0. The number of aliphatic hydroxyl groups excluding tert-OH is 1. The zero-order valence-electron chi connectivity index (χ0n) is 40.6. The van der Waals surface area contributed by atoms with Gasteiger partial charge in [0.2, 0.25) is 35.4 Å². The van der Waals surface area contributed by atoms with Crippen LogP contribution in [0.15, 0.2) is 72.9 Å². The van der Waals surface area contributed by atoms with Crippen molar-refractivity contribution < 1.29 is 43.5 Å². The minimum Gasteiger partial charge on any atom is -0.391 e. The standard InChI is InChI=1S/C49H71N13O9/c1-29(2)24-38-44(67)58-36(16-20-51)46(69)62-49(28-63,18-21-52)27-56-40(30(3)64)47(70)55-23-17-37(59-48(71)41-34(14-9-22-54-41)33-13-8-7-12-32(33)26-53)43(66)57-35(15-19-50)42(65)61-39(45(68)60-38)25-31-10-5-4-6-11-31/h4-14,22,28-30,35-40,56,64H,15-21,23-27,50-53H2,1-3H3,(H,55,70)(H,57,66)(H,58,67)(H,59,71)(H,60,68)(H,61,65)(H,62,69)/t30-,35+,36+,37+,38+,39-,40+,49+/m1/s1. The second-order valence-corrected chi connectivity index (χ2v) is 18.0. The van der Waals surface area contributed by atoms with Crippen LogP contribution in [-0.2, 0) is 46.5 Å². The number of aldehydes is 1. The molecule has 0 radical (unpaired) electrons. The third kappa shape index (κ3) is 16.7. The number of amides is 7. The smallest absolute Gasteiger partial charge is 0.271 e. The molecule has 0 aliphatic carbocycles. The number of hydrogen-bond donors (Lipinski definition) is 13. The van der Waals surface area contributed by atoms with E-state index >= 15 is 0 Å². The number of hydrogen-bond acceptors (Lipinski definition) is 15. The number of carbonyl (C=O) groups is 8. The second kappa shape index (κ2) is 28.2. The molecule has 8 atom stereocenters. The predicted molar refractivity (Wildman–Crippen MR) is 265 cm³/mol. The van der Waals surface area contributed by atoms with Crippen molar-refractivity contribution in [2.24, 2.45) is 28.9 Å². The molecule has 1 fully saturated rings. The fourth-order valence-electron chi connectivity index (χ4n) is 8.12. The fraction of sp³-hybridized carbons (Fsp3) is 0.490. The number of carbonyl (C=O) groups excluding carboxylic acids is 8. The van der Waals surface area contributed by atoms with Gasteiger partial charge in [-0.3, -0.25) is 38.5 Å². The largest absolute Gasteiger partial charge is 0.391 e. The van der Waals surface area contributed by atoms with E-state index in [0.29, 0.717) is 23.0 Å². The Morgan fingerprint density at radius 1 is 0.746 bits per heavy atom. The molecule has 2 heterocycles. The lowest BCUT2D eigenvalue weighted by Gasteiger charge is -2.33. The molecule has 1 aliphatic heterocycles. The maximum absolute atomic E-state index is 14.4. The highest BCUT2D eigenvalue weighted by molar-refractivity contribution is 6.02. The van der Waals surface area contributed by atoms with Gasteiger partial charge in [0.25, 0.3) is 5.91 Å². The first-order valence-electron chi connectivity index (χ1n) is 23.9. The number of nitrogens with one attached hydrogen (secondary N) is 8. The summed E-state index contributed by atoms with van der Waals surface area (Å²) in [5.41, 5.74) is 24.4. The highest BCUT2D eigenvalue weighted by Gasteiger charge is 2.38. The number of rotatable bonds is 16. The molecule has 1 aromatic heterocycles. The van der Waals surface area contributed by atoms with Crippen LogP contribution in [0.2, 0.25) is 0 Å². The molecule has 0 bridgehead atoms. The number of pyridine rings is 1. The molecule has 22 heteroatoms. The Morgan fingerprint density at radius 2 is 1.34 bits per heavy atom. The summed E-state index contributed by atoms with van der Waals surface area (Å²) in [4.78, 5) is 116. The van der Waals surface area contributed by atoms with E-state index in [1.165, 1.54) is 13.1 Å². The van der Waals surface area contributed by atoms with Crippen molar-refractivity contribution in [1.82, 2.24) is 47.5 Å². The number of nitrogens with two attached hydrogens (primary N) is 4. The summed E-state index contributed by atoms with van der Waals surface area (Å²) in [5, 5.41) is 32.5. The first kappa shape index (κ1) is 56.9. The summed E-state index contributed by atoms with van der Waals surface area (Å²) in [5.74, 6) is -5.73. The van der Waals surface area contributed by atoms with Gasteiger partial charge < -0.3 is 75.4 Å². The lowest BCUT2D eigenvalue weighted by molar-refractivity contribution is -0.135. The van der Waals surface area contributed by atoms with E-state index in [0.717, 1.165) is 5.56 Å². The average molecular weight is 986 g/mol. The Hall–Kier alpha value is -6.69. The van der Waals surface area contributed by atoms with E-state index in [4.69, 9.17) is 22.9 Å². The van der Waals surface area contributed by atoms with Crippen LogP contribution in [0.4, 0.5) is 0 Å². The number of benzene rings is 2. The quantitative estimate of drug-likeness (QED) is 0.0660. The molecule has 71 heavy (non-hydrogen) atoms. The second-order valence-electron chi connectivity index (χ2n) is 18.0. The van der Waals surface area contributed by atoms with Crippen LogP contribution in [0.1, 0.15) is 74.5 Å². The maximum Gasteiger partial charge on any atom is 0.271 e. The molecule has 4 rings (SSSR count). The van der Waals surface area contributed by atoms with E-state index in [1.807, 2.05) is 13.8 Å². The van der Waals surface area contributed by atoms with Crippen LogP contribution >= 0.6 is 0 Å². The van der Waals surface area contributed by atoms with Gasteiger partial charge in [-0.2, -0.15) is 0 Å². The van der Waals surface area contributed by atoms with Crippen LogP contribution in [0.25, 0.3) is 11.1 Å². The van der Waals surface area contributed by atoms with Crippen molar-refractivity contribution in [3.8, 4) is 11.1 Å². The average Bonchev–Trinajstić information content (AvgIpc) is 3.34. The van der Waals surface area contributed by atoms with Crippen molar-refractivity contribution >= 4 is 47.6 Å². The minimum atomic E-state index is -1.76. The lowest BCUT2D eigenvalue weighted by atomic mass is 9.94. The molecule has 0 saturated carbocycles. The third-order valence-electron chi connectivity index (χ3n) is 11.9. The van der Waals surface area contributed by atoms with E-state index in [-0.39, 0.29) is 82.9 Å². The van der Waals surface area contributed by atoms with E-state index in [1.54, 1.807) is 66.7 Å². The van der Waals surface area contributed by atoms with Gasteiger partial charge in [0.15, 0.2) is 0 Å². The highest BCUT2D eigenvalue weighted by Crippen LogP contribution is 2.26. The van der Waals surface area contributed by atoms with Crippen molar-refractivity contribution in [3.63, 3.8) is 0 Å². The summed E-state index contributed by atoms with van der Waals surface area (Å²) in [6.07, 6.45) is -0.0898. The van der Waals surface area contributed by atoms with Crippen molar-refractivity contribution in [2.75, 3.05) is 32.7 Å². The van der Waals surface area contributed by atoms with Crippen molar-refractivity contribution in [3.05, 3.63) is 89.7 Å². The molecule has 17 N–H and O–H groups in total. The first-order valence-corrected chi connectivity index (χ1v) is 23.9. The summed E-state index contributed by atoms with van der Waals surface area (Å²) < 4.78 is 0. The number of nitrogens with zero attached hydrogens (tertiary/aromatic N) is 1. The first-order chi connectivity index (χ1) is 34.0. The molecule has 1 saturated heterocycles. The zero-order chi connectivity index (χ0) is 52.1.